The molecule has 3 rings (SSSR count). The lowest BCUT2D eigenvalue weighted by atomic mass is 10.1. The van der Waals surface area contributed by atoms with Gasteiger partial charge in [0, 0.05) is 16.6 Å². The number of aryl methyl sites for hydroxylation is 1. The Morgan fingerprint density at radius 1 is 1.26 bits per heavy atom. The minimum atomic E-state index is -0.111. The van der Waals surface area contributed by atoms with Gasteiger partial charge in [0.2, 0.25) is 0 Å². The molecule has 1 fully saturated rings. The number of phenols is 1. The number of halogens is 1. The summed E-state index contributed by atoms with van der Waals surface area (Å²) in [6.45, 7) is 6.06. The topological polar surface area (TPSA) is 52.9 Å². The zero-order valence-corrected chi connectivity index (χ0v) is 17.0. The van der Waals surface area contributed by atoms with Gasteiger partial charge in [-0.05, 0) is 68.4 Å². The summed E-state index contributed by atoms with van der Waals surface area (Å²) >= 11 is 7.34. The smallest absolute Gasteiger partial charge is 0.267 e. The SMILES string of the molecule is CC[C@H](C)N1C(=O)/C(=C\c2cc(Cl)ccc2O)SC1=Nc1ccc(C)cc1. The molecule has 1 heterocycles. The number of aromatic hydroxyl groups is 1. The fourth-order valence-electron chi connectivity index (χ4n) is 2.65. The zero-order valence-electron chi connectivity index (χ0n) is 15.4. The second kappa shape index (κ2) is 8.19. The molecule has 1 aliphatic heterocycles. The maximum absolute atomic E-state index is 13.0. The number of hydrogen-bond acceptors (Lipinski definition) is 4. The average Bonchev–Trinajstić information content (AvgIpc) is 2.94. The van der Waals surface area contributed by atoms with Gasteiger partial charge in [-0.15, -0.1) is 0 Å². The zero-order chi connectivity index (χ0) is 19.6. The van der Waals surface area contributed by atoms with E-state index >= 15 is 0 Å². The maximum atomic E-state index is 13.0. The van der Waals surface area contributed by atoms with Crippen molar-refractivity contribution in [2.24, 2.45) is 4.99 Å². The lowest BCUT2D eigenvalue weighted by molar-refractivity contribution is -0.123. The fourth-order valence-corrected chi connectivity index (χ4v) is 3.91. The number of thioether (sulfide) groups is 1. The number of benzene rings is 2. The van der Waals surface area contributed by atoms with E-state index in [0.29, 0.717) is 20.7 Å². The molecule has 6 heteroatoms. The molecule has 2 aromatic rings. The molecule has 140 valence electrons. The van der Waals surface area contributed by atoms with Crippen molar-refractivity contribution >= 4 is 46.2 Å². The van der Waals surface area contributed by atoms with Gasteiger partial charge >= 0.3 is 0 Å². The molecule has 0 unspecified atom stereocenters. The van der Waals surface area contributed by atoms with Crippen LogP contribution in [0.5, 0.6) is 5.75 Å². The lowest BCUT2D eigenvalue weighted by Crippen LogP contribution is -2.36. The van der Waals surface area contributed by atoms with Gasteiger partial charge in [0.1, 0.15) is 5.75 Å². The largest absolute Gasteiger partial charge is 0.507 e. The van der Waals surface area contributed by atoms with Crippen molar-refractivity contribution < 1.29 is 9.90 Å². The first kappa shape index (κ1) is 19.5. The number of amidine groups is 1. The number of phenolic OH excluding ortho intramolecular Hbond substituents is 1. The number of rotatable bonds is 4. The third kappa shape index (κ3) is 4.37. The lowest BCUT2D eigenvalue weighted by Gasteiger charge is -2.22. The summed E-state index contributed by atoms with van der Waals surface area (Å²) < 4.78 is 0. The van der Waals surface area contributed by atoms with Crippen LogP contribution in [0.25, 0.3) is 6.08 Å². The molecule has 0 bridgehead atoms. The second-order valence-electron chi connectivity index (χ2n) is 6.48. The number of carbonyl (C=O) groups is 1. The Balaban J connectivity index is 2.01. The molecular formula is C21H21ClN2O2S. The molecule has 0 saturated carbocycles. The summed E-state index contributed by atoms with van der Waals surface area (Å²) in [6, 6.07) is 12.7. The Labute approximate surface area is 168 Å². The first-order chi connectivity index (χ1) is 12.9. The van der Waals surface area contributed by atoms with Crippen molar-refractivity contribution in [2.75, 3.05) is 0 Å². The average molecular weight is 401 g/mol. The first-order valence-corrected chi connectivity index (χ1v) is 9.95. The number of amides is 1. The molecule has 0 spiro atoms. The van der Waals surface area contributed by atoms with Gasteiger partial charge in [-0.2, -0.15) is 0 Å². The van der Waals surface area contributed by atoms with Crippen LogP contribution < -0.4 is 0 Å². The van der Waals surface area contributed by atoms with E-state index in [1.54, 1.807) is 23.1 Å². The number of nitrogens with zero attached hydrogens (tertiary/aromatic N) is 2. The monoisotopic (exact) mass is 400 g/mol. The summed E-state index contributed by atoms with van der Waals surface area (Å²) in [5, 5.41) is 11.2. The summed E-state index contributed by atoms with van der Waals surface area (Å²) in [5.41, 5.74) is 2.47. The Morgan fingerprint density at radius 2 is 1.96 bits per heavy atom. The molecule has 0 aliphatic carbocycles. The van der Waals surface area contributed by atoms with E-state index in [9.17, 15) is 9.90 Å². The van der Waals surface area contributed by atoms with Crippen LogP contribution >= 0.6 is 23.4 Å². The fraction of sp³-hybridized carbons (Fsp3) is 0.238. The molecule has 27 heavy (non-hydrogen) atoms. The van der Waals surface area contributed by atoms with Crippen molar-refractivity contribution in [3.05, 3.63) is 63.5 Å². The minimum Gasteiger partial charge on any atom is -0.507 e. The van der Waals surface area contributed by atoms with Crippen molar-refractivity contribution in [2.45, 2.75) is 33.2 Å². The Morgan fingerprint density at radius 3 is 2.63 bits per heavy atom. The van der Waals surface area contributed by atoms with E-state index in [4.69, 9.17) is 11.6 Å². The summed E-state index contributed by atoms with van der Waals surface area (Å²) in [7, 11) is 0. The summed E-state index contributed by atoms with van der Waals surface area (Å²) in [4.78, 5) is 19.9. The predicted molar refractivity (Wildman–Crippen MR) is 114 cm³/mol. The van der Waals surface area contributed by atoms with Crippen molar-refractivity contribution in [1.82, 2.24) is 4.90 Å². The molecule has 1 saturated heterocycles. The number of aliphatic imine (C=N–C) groups is 1. The van der Waals surface area contributed by atoms with Crippen molar-refractivity contribution in [3.8, 4) is 5.75 Å². The van der Waals surface area contributed by atoms with Gasteiger partial charge in [-0.1, -0.05) is 36.2 Å². The van der Waals surface area contributed by atoms with Gasteiger partial charge in [0.05, 0.1) is 10.6 Å². The van der Waals surface area contributed by atoms with Gasteiger partial charge in [0.15, 0.2) is 5.17 Å². The second-order valence-corrected chi connectivity index (χ2v) is 7.92. The van der Waals surface area contributed by atoms with Gasteiger partial charge in [-0.25, -0.2) is 4.99 Å². The quantitative estimate of drug-likeness (QED) is 0.664. The van der Waals surface area contributed by atoms with Crippen LogP contribution in [-0.2, 0) is 4.79 Å². The van der Waals surface area contributed by atoms with Crippen molar-refractivity contribution in [3.63, 3.8) is 0 Å². The van der Waals surface area contributed by atoms with Crippen LogP contribution in [-0.4, -0.2) is 27.1 Å². The van der Waals surface area contributed by atoms with E-state index in [0.717, 1.165) is 17.7 Å². The molecule has 2 aromatic carbocycles. The van der Waals surface area contributed by atoms with Crippen LogP contribution in [0.15, 0.2) is 52.4 Å². The van der Waals surface area contributed by atoms with E-state index in [1.807, 2.05) is 45.0 Å². The number of hydrogen-bond donors (Lipinski definition) is 1. The Bertz CT molecular complexity index is 922. The third-order valence-electron chi connectivity index (χ3n) is 4.40. The molecule has 1 atom stereocenters. The Kier molecular flexibility index (Phi) is 5.92. The molecule has 0 aromatic heterocycles. The van der Waals surface area contributed by atoms with Gasteiger partial charge < -0.3 is 5.11 Å². The molecule has 1 N–H and O–H groups in total. The summed E-state index contributed by atoms with van der Waals surface area (Å²) in [5.74, 6) is -0.0288. The molecule has 1 aliphatic rings. The summed E-state index contributed by atoms with van der Waals surface area (Å²) in [6.07, 6.45) is 2.48. The highest BCUT2D eigenvalue weighted by Crippen LogP contribution is 2.37. The highest BCUT2D eigenvalue weighted by Gasteiger charge is 2.36. The minimum absolute atomic E-state index is 0.0213. The van der Waals surface area contributed by atoms with Crippen molar-refractivity contribution in [1.29, 1.82) is 0 Å². The number of carbonyl (C=O) groups excluding carboxylic acids is 1. The van der Waals surface area contributed by atoms with Crippen LogP contribution in [0.4, 0.5) is 5.69 Å². The van der Waals surface area contributed by atoms with Gasteiger partial charge in [-0.3, -0.25) is 9.69 Å². The first-order valence-electron chi connectivity index (χ1n) is 8.76. The van der Waals surface area contributed by atoms with Crippen LogP contribution in [0, 0.1) is 6.92 Å². The third-order valence-corrected chi connectivity index (χ3v) is 5.62. The maximum Gasteiger partial charge on any atom is 0.267 e. The van der Waals surface area contributed by atoms with E-state index < -0.39 is 0 Å². The highest BCUT2D eigenvalue weighted by molar-refractivity contribution is 8.18. The van der Waals surface area contributed by atoms with E-state index in [2.05, 4.69) is 4.99 Å². The normalized spacial score (nSPS) is 18.5. The standard InChI is InChI=1S/C21H21ClN2O2S/c1-4-14(3)24-20(26)19(12-15-11-16(22)7-10-18(15)25)27-21(24)23-17-8-5-13(2)6-9-17/h5-12,14,25H,4H2,1-3H3/b19-12+,23-21?/t14-/m0/s1. The molecule has 0 radical (unpaired) electrons. The molecular weight excluding hydrogens is 380 g/mol. The molecule has 1 amide bonds. The molecule has 4 nitrogen and oxygen atoms in total. The highest BCUT2D eigenvalue weighted by atomic mass is 35.5. The van der Waals surface area contributed by atoms with Crippen LogP contribution in [0.2, 0.25) is 5.02 Å². The van der Waals surface area contributed by atoms with E-state index in [1.165, 1.54) is 17.8 Å². The van der Waals surface area contributed by atoms with Gasteiger partial charge in [0.25, 0.3) is 5.91 Å². The van der Waals surface area contributed by atoms with Crippen LogP contribution in [0.3, 0.4) is 0 Å². The Hall–Kier alpha value is -2.24. The van der Waals surface area contributed by atoms with Crippen LogP contribution in [0.1, 0.15) is 31.4 Å². The van der Waals surface area contributed by atoms with E-state index in [-0.39, 0.29) is 17.7 Å². The predicted octanol–water partition coefficient (Wildman–Crippen LogP) is 5.76.